The number of ether oxygens (including phenoxy) is 1. The second-order valence-corrected chi connectivity index (χ2v) is 9.52. The largest absolute Gasteiger partial charge is 0.485 e. The van der Waals surface area contributed by atoms with Crippen molar-refractivity contribution in [2.24, 2.45) is 0 Å². The van der Waals surface area contributed by atoms with Crippen LogP contribution in [-0.4, -0.2) is 0 Å². The van der Waals surface area contributed by atoms with Crippen LogP contribution in [0.1, 0.15) is 52.7 Å². The number of fused-ring (bicyclic) bond motifs is 3. The summed E-state index contributed by atoms with van der Waals surface area (Å²) in [6.07, 6.45) is 4.39. The fourth-order valence-electron chi connectivity index (χ4n) is 6.00. The molecule has 1 aliphatic carbocycles. The first-order valence-corrected chi connectivity index (χ1v) is 12.3. The minimum Gasteiger partial charge on any atom is -0.485 e. The molecule has 2 heterocycles. The first kappa shape index (κ1) is 19.7. The molecule has 0 bridgehead atoms. The maximum Gasteiger partial charge on any atom is 0.135 e. The van der Waals surface area contributed by atoms with Gasteiger partial charge in [0.05, 0.1) is 0 Å². The van der Waals surface area contributed by atoms with Crippen molar-refractivity contribution >= 4 is 11.0 Å². The molecule has 166 valence electrons. The molecule has 2 heteroatoms. The van der Waals surface area contributed by atoms with E-state index in [1.165, 1.54) is 34.2 Å². The minimum absolute atomic E-state index is 0.0223. The second kappa shape index (κ2) is 7.92. The number of benzene rings is 4. The molecule has 0 saturated carbocycles. The molecule has 5 aromatic rings. The molecule has 0 amide bonds. The van der Waals surface area contributed by atoms with Crippen LogP contribution in [0.2, 0.25) is 0 Å². The lowest BCUT2D eigenvalue weighted by Crippen LogP contribution is -2.16. The van der Waals surface area contributed by atoms with Gasteiger partial charge >= 0.3 is 0 Å². The molecular weight excluding hydrogens is 416 g/mol. The zero-order valence-corrected chi connectivity index (χ0v) is 19.0. The SMILES string of the molecule is c1ccc2c(c1)CC(c1c(-c3cc4ccccc4o3)cccc1C1CCCc3ccccc31)O2. The van der Waals surface area contributed by atoms with Gasteiger partial charge in [-0.25, -0.2) is 0 Å². The van der Waals surface area contributed by atoms with Crippen molar-refractivity contribution in [3.05, 3.63) is 125 Å². The van der Waals surface area contributed by atoms with Crippen molar-refractivity contribution in [3.8, 4) is 17.1 Å². The maximum absolute atomic E-state index is 6.61. The third-order valence-corrected chi connectivity index (χ3v) is 7.54. The van der Waals surface area contributed by atoms with E-state index in [-0.39, 0.29) is 6.10 Å². The topological polar surface area (TPSA) is 22.4 Å². The van der Waals surface area contributed by atoms with E-state index < -0.39 is 0 Å². The van der Waals surface area contributed by atoms with E-state index in [0.717, 1.165) is 47.3 Å². The highest BCUT2D eigenvalue weighted by Crippen LogP contribution is 2.47. The predicted octanol–water partition coefficient (Wildman–Crippen LogP) is 8.24. The van der Waals surface area contributed by atoms with Gasteiger partial charge in [0.2, 0.25) is 0 Å². The van der Waals surface area contributed by atoms with E-state index in [0.29, 0.717) is 5.92 Å². The molecule has 0 saturated heterocycles. The number of hydrogen-bond donors (Lipinski definition) is 0. The quantitative estimate of drug-likeness (QED) is 0.281. The monoisotopic (exact) mass is 442 g/mol. The summed E-state index contributed by atoms with van der Waals surface area (Å²) in [6, 6.07) is 34.6. The van der Waals surface area contributed by atoms with E-state index in [1.807, 2.05) is 12.1 Å². The third-order valence-electron chi connectivity index (χ3n) is 7.54. The van der Waals surface area contributed by atoms with Crippen molar-refractivity contribution in [1.82, 2.24) is 0 Å². The van der Waals surface area contributed by atoms with Gasteiger partial charge in [-0.15, -0.1) is 0 Å². The Morgan fingerprint density at radius 2 is 1.50 bits per heavy atom. The molecule has 0 fully saturated rings. The Labute approximate surface area is 199 Å². The smallest absolute Gasteiger partial charge is 0.135 e. The summed E-state index contributed by atoms with van der Waals surface area (Å²) in [5.74, 6) is 2.29. The fraction of sp³-hybridized carbons (Fsp3) is 0.188. The molecule has 2 aliphatic rings. The van der Waals surface area contributed by atoms with Gasteiger partial charge < -0.3 is 9.15 Å². The second-order valence-electron chi connectivity index (χ2n) is 9.52. The van der Waals surface area contributed by atoms with Crippen LogP contribution in [0.3, 0.4) is 0 Å². The number of rotatable bonds is 3. The van der Waals surface area contributed by atoms with Crippen LogP contribution in [0.15, 0.2) is 101 Å². The Bertz CT molecular complexity index is 1450. The number of aryl methyl sites for hydroxylation is 1. The highest BCUT2D eigenvalue weighted by Gasteiger charge is 2.33. The van der Waals surface area contributed by atoms with E-state index in [4.69, 9.17) is 9.15 Å². The molecular formula is C32H26O2. The van der Waals surface area contributed by atoms with Crippen molar-refractivity contribution in [2.45, 2.75) is 37.7 Å². The van der Waals surface area contributed by atoms with Crippen LogP contribution in [-0.2, 0) is 12.8 Å². The average molecular weight is 443 g/mol. The Kier molecular flexibility index (Phi) is 4.58. The molecule has 0 radical (unpaired) electrons. The molecule has 2 atom stereocenters. The Hall–Kier alpha value is -3.78. The zero-order valence-electron chi connectivity index (χ0n) is 19.0. The van der Waals surface area contributed by atoms with Crippen LogP contribution in [0.25, 0.3) is 22.3 Å². The van der Waals surface area contributed by atoms with E-state index in [1.54, 1.807) is 0 Å². The molecule has 0 N–H and O–H groups in total. The average Bonchev–Trinajstić information content (AvgIpc) is 3.52. The number of hydrogen-bond acceptors (Lipinski definition) is 2. The van der Waals surface area contributed by atoms with E-state index in [9.17, 15) is 0 Å². The molecule has 0 spiro atoms. The van der Waals surface area contributed by atoms with Gasteiger partial charge in [0.1, 0.15) is 23.2 Å². The molecule has 2 nitrogen and oxygen atoms in total. The Balaban J connectivity index is 1.43. The van der Waals surface area contributed by atoms with Gasteiger partial charge in [0.25, 0.3) is 0 Å². The molecule has 2 unspecified atom stereocenters. The Morgan fingerprint density at radius 3 is 2.41 bits per heavy atom. The first-order chi connectivity index (χ1) is 16.8. The lowest BCUT2D eigenvalue weighted by atomic mass is 9.75. The van der Waals surface area contributed by atoms with Crippen molar-refractivity contribution < 1.29 is 9.15 Å². The summed E-state index contributed by atoms with van der Waals surface area (Å²) in [6.45, 7) is 0. The van der Waals surface area contributed by atoms with Crippen LogP contribution in [0, 0.1) is 0 Å². The maximum atomic E-state index is 6.61. The van der Waals surface area contributed by atoms with E-state index in [2.05, 4.69) is 84.9 Å². The summed E-state index contributed by atoms with van der Waals surface area (Å²) in [7, 11) is 0. The summed E-state index contributed by atoms with van der Waals surface area (Å²) >= 11 is 0. The van der Waals surface area contributed by atoms with Crippen molar-refractivity contribution in [1.29, 1.82) is 0 Å². The molecule has 34 heavy (non-hydrogen) atoms. The van der Waals surface area contributed by atoms with Gasteiger partial charge in [-0.1, -0.05) is 78.9 Å². The van der Waals surface area contributed by atoms with Crippen molar-refractivity contribution in [2.75, 3.05) is 0 Å². The molecule has 1 aromatic heterocycles. The minimum atomic E-state index is -0.0223. The zero-order chi connectivity index (χ0) is 22.5. The first-order valence-electron chi connectivity index (χ1n) is 12.3. The summed E-state index contributed by atoms with van der Waals surface area (Å²) in [4.78, 5) is 0. The molecule has 7 rings (SSSR count). The molecule has 4 aromatic carbocycles. The van der Waals surface area contributed by atoms with Crippen LogP contribution < -0.4 is 4.74 Å². The van der Waals surface area contributed by atoms with Gasteiger partial charge in [-0.3, -0.25) is 0 Å². The van der Waals surface area contributed by atoms with Gasteiger partial charge in [-0.2, -0.15) is 0 Å². The Morgan fingerprint density at radius 1 is 0.706 bits per heavy atom. The standard InChI is InChI=1S/C32H26O2/c1-4-13-24-21(9-1)12-7-14-25(24)26-15-8-16-27(30-19-22-10-2-5-17-28(22)33-30)32(26)31-20-23-11-3-6-18-29(23)34-31/h1-6,8-11,13,15-19,25,31H,7,12,14,20H2. The number of furan rings is 1. The third kappa shape index (κ3) is 3.17. The lowest BCUT2D eigenvalue weighted by molar-refractivity contribution is 0.237. The fourth-order valence-corrected chi connectivity index (χ4v) is 6.00. The predicted molar refractivity (Wildman–Crippen MR) is 136 cm³/mol. The number of para-hydroxylation sites is 2. The van der Waals surface area contributed by atoms with Gasteiger partial charge in [0.15, 0.2) is 0 Å². The highest BCUT2D eigenvalue weighted by atomic mass is 16.5. The van der Waals surface area contributed by atoms with Gasteiger partial charge in [-0.05, 0) is 59.7 Å². The van der Waals surface area contributed by atoms with Gasteiger partial charge in [0, 0.05) is 28.9 Å². The van der Waals surface area contributed by atoms with Crippen LogP contribution in [0.4, 0.5) is 0 Å². The molecule has 1 aliphatic heterocycles. The normalized spacial score (nSPS) is 18.9. The van der Waals surface area contributed by atoms with E-state index >= 15 is 0 Å². The lowest BCUT2D eigenvalue weighted by Gasteiger charge is -2.30. The summed E-state index contributed by atoms with van der Waals surface area (Å²) < 4.78 is 13.0. The van der Waals surface area contributed by atoms with Crippen molar-refractivity contribution in [3.63, 3.8) is 0 Å². The highest BCUT2D eigenvalue weighted by molar-refractivity contribution is 5.84. The van der Waals surface area contributed by atoms with Crippen LogP contribution >= 0.6 is 0 Å². The van der Waals surface area contributed by atoms with Crippen LogP contribution in [0.5, 0.6) is 5.75 Å². The summed E-state index contributed by atoms with van der Waals surface area (Å²) in [5.41, 5.74) is 8.95. The summed E-state index contributed by atoms with van der Waals surface area (Å²) in [5, 5.41) is 1.13.